The van der Waals surface area contributed by atoms with E-state index in [4.69, 9.17) is 28.2 Å². The predicted molar refractivity (Wildman–Crippen MR) is 258 cm³/mol. The second kappa shape index (κ2) is 13.3. The molecule has 298 valence electrons. The molecule has 0 radical (unpaired) electrons. The molecule has 0 amide bonds. The van der Waals surface area contributed by atoms with Crippen molar-refractivity contribution in [2.24, 2.45) is 0 Å². The summed E-state index contributed by atoms with van der Waals surface area (Å²) in [5, 5.41) is 8.45. The Bertz CT molecular complexity index is 4160. The molecule has 5 aromatic heterocycles. The standard InChI is InChI=1S/C57H32N4O3/c1-2-14-33(15-3-1)55-58-56(60-57(59-55)42-22-12-20-39-38-18-6-10-25-47(38)64-54(39)42)41-21-13-27-50-53(41)44-30-34(28-29-49(44)62-50)43-31-35(32-51-52(43)40-19-7-11-26-48(40)63-51)61-45-23-8-4-16-36(45)37-17-5-9-24-46(37)61/h1-32H. The minimum absolute atomic E-state index is 0.523. The van der Waals surface area contributed by atoms with E-state index < -0.39 is 0 Å². The minimum Gasteiger partial charge on any atom is -0.456 e. The molecule has 14 aromatic rings. The third kappa shape index (κ3) is 5.12. The molecule has 0 bridgehead atoms. The van der Waals surface area contributed by atoms with E-state index in [2.05, 4.69) is 114 Å². The van der Waals surface area contributed by atoms with Gasteiger partial charge in [0.15, 0.2) is 17.5 Å². The molecule has 0 unspecified atom stereocenters. The number of furan rings is 3. The van der Waals surface area contributed by atoms with Gasteiger partial charge in [0.25, 0.3) is 0 Å². The summed E-state index contributed by atoms with van der Waals surface area (Å²) >= 11 is 0. The molecule has 0 atom stereocenters. The first kappa shape index (κ1) is 34.9. The Balaban J connectivity index is 1.01. The van der Waals surface area contributed by atoms with Crippen LogP contribution in [0.25, 0.3) is 139 Å². The van der Waals surface area contributed by atoms with Crippen molar-refractivity contribution in [1.29, 1.82) is 0 Å². The van der Waals surface area contributed by atoms with Crippen molar-refractivity contribution in [3.05, 3.63) is 194 Å². The van der Waals surface area contributed by atoms with Crippen molar-refractivity contribution in [1.82, 2.24) is 19.5 Å². The fraction of sp³-hybridized carbons (Fsp3) is 0. The summed E-state index contributed by atoms with van der Waals surface area (Å²) in [4.78, 5) is 15.5. The van der Waals surface area contributed by atoms with Gasteiger partial charge in [0.05, 0.1) is 22.3 Å². The lowest BCUT2D eigenvalue weighted by Crippen LogP contribution is -2.00. The van der Waals surface area contributed by atoms with Crippen LogP contribution in [0.2, 0.25) is 0 Å². The van der Waals surface area contributed by atoms with E-state index in [0.717, 1.165) is 110 Å². The number of rotatable bonds is 5. The zero-order chi connectivity index (χ0) is 41.9. The molecular formula is C57H32N4O3. The number of hydrogen-bond acceptors (Lipinski definition) is 6. The lowest BCUT2D eigenvalue weighted by Gasteiger charge is -2.12. The van der Waals surface area contributed by atoms with Crippen LogP contribution in [0.1, 0.15) is 0 Å². The maximum absolute atomic E-state index is 6.68. The van der Waals surface area contributed by atoms with Gasteiger partial charge in [-0.25, -0.2) is 15.0 Å². The molecule has 0 aliphatic carbocycles. The Morgan fingerprint density at radius 3 is 1.67 bits per heavy atom. The number of benzene rings is 9. The fourth-order valence-electron chi connectivity index (χ4n) is 9.83. The number of nitrogens with zero attached hydrogens (tertiary/aromatic N) is 4. The SMILES string of the molecule is c1ccc(-c2nc(-c3cccc4c3oc3ccccc34)nc(-c3cccc4oc5ccc(-c6cc(-n7c8ccccc8c8ccccc87)cc7oc8ccccc8c67)cc5c34)n2)cc1. The van der Waals surface area contributed by atoms with Gasteiger partial charge in [-0.3, -0.25) is 0 Å². The zero-order valence-electron chi connectivity index (χ0n) is 34.0. The highest BCUT2D eigenvalue weighted by Gasteiger charge is 2.23. The van der Waals surface area contributed by atoms with Crippen molar-refractivity contribution < 1.29 is 13.3 Å². The number of para-hydroxylation sites is 5. The van der Waals surface area contributed by atoms with Crippen molar-refractivity contribution in [2.45, 2.75) is 0 Å². The Morgan fingerprint density at radius 2 is 0.875 bits per heavy atom. The average molecular weight is 821 g/mol. The van der Waals surface area contributed by atoms with Gasteiger partial charge in [0.1, 0.15) is 33.5 Å². The molecule has 9 aromatic carbocycles. The largest absolute Gasteiger partial charge is 0.456 e. The Kier molecular flexibility index (Phi) is 7.27. The average Bonchev–Trinajstić information content (AvgIpc) is 4.12. The molecular weight excluding hydrogens is 789 g/mol. The minimum atomic E-state index is 0.523. The number of aromatic nitrogens is 4. The van der Waals surface area contributed by atoms with Crippen LogP contribution in [-0.4, -0.2) is 19.5 Å². The van der Waals surface area contributed by atoms with E-state index in [0.29, 0.717) is 17.5 Å². The van der Waals surface area contributed by atoms with Gasteiger partial charge >= 0.3 is 0 Å². The monoisotopic (exact) mass is 820 g/mol. The Morgan fingerprint density at radius 1 is 0.312 bits per heavy atom. The van der Waals surface area contributed by atoms with Crippen LogP contribution in [0.4, 0.5) is 0 Å². The van der Waals surface area contributed by atoms with Gasteiger partial charge in [0.2, 0.25) is 0 Å². The predicted octanol–water partition coefficient (Wildman–Crippen LogP) is 15.3. The van der Waals surface area contributed by atoms with Gasteiger partial charge in [-0.15, -0.1) is 0 Å². The smallest absolute Gasteiger partial charge is 0.167 e. The van der Waals surface area contributed by atoms with Gasteiger partial charge < -0.3 is 17.8 Å². The van der Waals surface area contributed by atoms with Gasteiger partial charge in [0, 0.05) is 60.3 Å². The van der Waals surface area contributed by atoms with E-state index in [1.807, 2.05) is 84.9 Å². The third-order valence-electron chi connectivity index (χ3n) is 12.7. The van der Waals surface area contributed by atoms with Crippen LogP contribution in [0.5, 0.6) is 0 Å². The second-order valence-electron chi connectivity index (χ2n) is 16.3. The van der Waals surface area contributed by atoms with Crippen molar-refractivity contribution in [3.8, 4) is 51.0 Å². The van der Waals surface area contributed by atoms with Crippen LogP contribution >= 0.6 is 0 Å². The number of hydrogen-bond donors (Lipinski definition) is 0. The highest BCUT2D eigenvalue weighted by molar-refractivity contribution is 6.17. The summed E-state index contributed by atoms with van der Waals surface area (Å²) in [5.74, 6) is 1.62. The molecule has 0 spiro atoms. The third-order valence-corrected chi connectivity index (χ3v) is 12.7. The zero-order valence-corrected chi connectivity index (χ0v) is 34.0. The van der Waals surface area contributed by atoms with Crippen LogP contribution in [0.15, 0.2) is 207 Å². The first-order valence-electron chi connectivity index (χ1n) is 21.3. The first-order valence-corrected chi connectivity index (χ1v) is 21.3. The van der Waals surface area contributed by atoms with Gasteiger partial charge in [-0.1, -0.05) is 133 Å². The molecule has 0 aliphatic heterocycles. The van der Waals surface area contributed by atoms with E-state index >= 15 is 0 Å². The van der Waals surface area contributed by atoms with Gasteiger partial charge in [-0.2, -0.15) is 0 Å². The van der Waals surface area contributed by atoms with Crippen LogP contribution in [0, 0.1) is 0 Å². The van der Waals surface area contributed by atoms with Gasteiger partial charge in [-0.05, 0) is 65.7 Å². The summed E-state index contributed by atoms with van der Waals surface area (Å²) in [6.45, 7) is 0. The maximum atomic E-state index is 6.68. The highest BCUT2D eigenvalue weighted by Crippen LogP contribution is 2.44. The fourth-order valence-corrected chi connectivity index (χ4v) is 9.83. The molecule has 5 heterocycles. The van der Waals surface area contributed by atoms with E-state index in [1.165, 1.54) is 10.8 Å². The summed E-state index contributed by atoms with van der Waals surface area (Å²) in [6.07, 6.45) is 0. The molecule has 0 N–H and O–H groups in total. The van der Waals surface area contributed by atoms with E-state index in [-0.39, 0.29) is 0 Å². The van der Waals surface area contributed by atoms with Crippen LogP contribution in [0.3, 0.4) is 0 Å². The molecule has 0 aliphatic rings. The Labute approximate surface area is 364 Å². The second-order valence-corrected chi connectivity index (χ2v) is 16.3. The summed E-state index contributed by atoms with van der Waals surface area (Å²) < 4.78 is 22.2. The topological polar surface area (TPSA) is 83.0 Å². The summed E-state index contributed by atoms with van der Waals surface area (Å²) in [6, 6.07) is 66.8. The maximum Gasteiger partial charge on any atom is 0.167 e. The van der Waals surface area contributed by atoms with Crippen molar-refractivity contribution in [2.75, 3.05) is 0 Å². The Hall–Kier alpha value is -8.81. The summed E-state index contributed by atoms with van der Waals surface area (Å²) in [7, 11) is 0. The van der Waals surface area contributed by atoms with E-state index in [9.17, 15) is 0 Å². The lowest BCUT2D eigenvalue weighted by molar-refractivity contribution is 0.668. The highest BCUT2D eigenvalue weighted by atomic mass is 16.3. The molecule has 14 rings (SSSR count). The quantitative estimate of drug-likeness (QED) is 0.172. The lowest BCUT2D eigenvalue weighted by atomic mass is 9.96. The first-order chi connectivity index (χ1) is 31.7. The molecule has 64 heavy (non-hydrogen) atoms. The van der Waals surface area contributed by atoms with Crippen molar-refractivity contribution in [3.63, 3.8) is 0 Å². The van der Waals surface area contributed by atoms with E-state index in [1.54, 1.807) is 0 Å². The molecule has 0 saturated heterocycles. The van der Waals surface area contributed by atoms with Crippen LogP contribution in [-0.2, 0) is 0 Å². The molecule has 0 fully saturated rings. The molecule has 7 nitrogen and oxygen atoms in total. The van der Waals surface area contributed by atoms with Crippen LogP contribution < -0.4 is 0 Å². The van der Waals surface area contributed by atoms with Crippen molar-refractivity contribution >= 4 is 87.6 Å². The molecule has 0 saturated carbocycles. The normalized spacial score (nSPS) is 12.1. The molecule has 7 heteroatoms. The number of fused-ring (bicyclic) bond motifs is 12. The summed E-state index contributed by atoms with van der Waals surface area (Å²) in [5.41, 5.74) is 12.6.